The molecule has 3 amide bonds. The summed E-state index contributed by atoms with van der Waals surface area (Å²) in [6.45, 7) is 11.6. The van der Waals surface area contributed by atoms with Crippen LogP contribution in [0.3, 0.4) is 0 Å². The second-order valence-corrected chi connectivity index (χ2v) is 10.6. The topological polar surface area (TPSA) is 70.7 Å². The summed E-state index contributed by atoms with van der Waals surface area (Å²) in [5.74, 6) is 1.20. The largest absolute Gasteiger partial charge is 0.492 e. The van der Waals surface area contributed by atoms with Crippen molar-refractivity contribution in [2.75, 3.05) is 31.6 Å². The van der Waals surface area contributed by atoms with Crippen LogP contribution < -0.4 is 15.4 Å². The molecule has 0 radical (unpaired) electrons. The third kappa shape index (κ3) is 7.10. The van der Waals surface area contributed by atoms with Gasteiger partial charge in [-0.3, -0.25) is 15.0 Å². The molecular formula is C31H39N3O3. The molecule has 196 valence electrons. The molecule has 3 aromatic rings. The van der Waals surface area contributed by atoms with E-state index in [1.807, 2.05) is 30.3 Å². The first kappa shape index (κ1) is 26.7. The second kappa shape index (κ2) is 12.2. The summed E-state index contributed by atoms with van der Waals surface area (Å²) in [6, 6.07) is 20.1. The van der Waals surface area contributed by atoms with Crippen molar-refractivity contribution in [3.05, 3.63) is 71.8 Å². The smallest absolute Gasteiger partial charge is 0.325 e. The molecule has 0 aromatic heterocycles. The van der Waals surface area contributed by atoms with Gasteiger partial charge in [0.25, 0.3) is 0 Å². The molecule has 3 aromatic carbocycles. The van der Waals surface area contributed by atoms with Gasteiger partial charge in [0.15, 0.2) is 0 Å². The Hall–Kier alpha value is -3.38. The predicted molar refractivity (Wildman–Crippen MR) is 150 cm³/mol. The van der Waals surface area contributed by atoms with E-state index in [0.717, 1.165) is 49.5 Å². The Labute approximate surface area is 220 Å². The number of imide groups is 1. The Morgan fingerprint density at radius 3 is 2.35 bits per heavy atom. The molecule has 1 saturated heterocycles. The number of piperidine rings is 1. The first-order valence-corrected chi connectivity index (χ1v) is 13.4. The lowest BCUT2D eigenvalue weighted by Gasteiger charge is -2.31. The van der Waals surface area contributed by atoms with Gasteiger partial charge in [0, 0.05) is 18.2 Å². The van der Waals surface area contributed by atoms with E-state index in [2.05, 4.69) is 73.6 Å². The molecule has 1 aliphatic rings. The van der Waals surface area contributed by atoms with E-state index in [9.17, 15) is 9.59 Å². The van der Waals surface area contributed by atoms with Crippen molar-refractivity contribution in [3.8, 4) is 5.75 Å². The van der Waals surface area contributed by atoms with Gasteiger partial charge in [0.2, 0.25) is 5.91 Å². The summed E-state index contributed by atoms with van der Waals surface area (Å²) in [4.78, 5) is 27.7. The Bertz CT molecular complexity index is 1230. The molecule has 6 heteroatoms. The molecule has 0 unspecified atom stereocenters. The predicted octanol–water partition coefficient (Wildman–Crippen LogP) is 6.53. The molecule has 2 N–H and O–H groups in total. The standard InChI is InChI=1S/C31H39N3O3/c1-21(2)25-10-12-29(28(20-25)22(3)4)32-31(36)33-30(35)24-13-15-34(16-14-24)17-18-37-27-11-9-23-7-5-6-8-26(23)19-27/h5-12,19-22,24H,13-18H2,1-4H3,(H2,32,33,35,36). The number of urea groups is 1. The molecule has 1 aliphatic heterocycles. The number of hydrogen-bond donors (Lipinski definition) is 2. The van der Waals surface area contributed by atoms with E-state index in [1.54, 1.807) is 0 Å². The molecule has 1 fully saturated rings. The van der Waals surface area contributed by atoms with Gasteiger partial charge in [-0.05, 0) is 77.9 Å². The van der Waals surface area contributed by atoms with Crippen LogP contribution in [0.15, 0.2) is 60.7 Å². The average molecular weight is 502 g/mol. The fourth-order valence-electron chi connectivity index (χ4n) is 4.87. The minimum Gasteiger partial charge on any atom is -0.492 e. The van der Waals surface area contributed by atoms with Gasteiger partial charge in [-0.1, -0.05) is 70.2 Å². The Kier molecular flexibility index (Phi) is 8.82. The summed E-state index contributed by atoms with van der Waals surface area (Å²) in [5, 5.41) is 7.83. The summed E-state index contributed by atoms with van der Waals surface area (Å²) in [6.07, 6.45) is 1.46. The van der Waals surface area contributed by atoms with E-state index in [1.165, 1.54) is 16.3 Å². The second-order valence-electron chi connectivity index (χ2n) is 10.6. The van der Waals surface area contributed by atoms with Crippen LogP contribution in [0.2, 0.25) is 0 Å². The lowest BCUT2D eigenvalue weighted by atomic mass is 9.94. The number of carbonyl (C=O) groups is 2. The van der Waals surface area contributed by atoms with Gasteiger partial charge >= 0.3 is 6.03 Å². The third-order valence-electron chi connectivity index (χ3n) is 7.20. The Morgan fingerprint density at radius 2 is 1.65 bits per heavy atom. The summed E-state index contributed by atoms with van der Waals surface area (Å²) in [7, 11) is 0. The zero-order valence-electron chi connectivity index (χ0n) is 22.4. The van der Waals surface area contributed by atoms with Crippen molar-refractivity contribution in [2.45, 2.75) is 52.4 Å². The monoisotopic (exact) mass is 501 g/mol. The van der Waals surface area contributed by atoms with Gasteiger partial charge in [0.05, 0.1) is 0 Å². The zero-order valence-corrected chi connectivity index (χ0v) is 22.4. The van der Waals surface area contributed by atoms with E-state index >= 15 is 0 Å². The van der Waals surface area contributed by atoms with Gasteiger partial charge in [0.1, 0.15) is 12.4 Å². The number of fused-ring (bicyclic) bond motifs is 1. The summed E-state index contributed by atoms with van der Waals surface area (Å²) in [5.41, 5.74) is 3.07. The molecular weight excluding hydrogens is 462 g/mol. The number of anilines is 1. The van der Waals surface area contributed by atoms with Crippen molar-refractivity contribution in [1.29, 1.82) is 0 Å². The number of carbonyl (C=O) groups excluding carboxylic acids is 2. The first-order valence-electron chi connectivity index (χ1n) is 13.4. The maximum absolute atomic E-state index is 12.8. The zero-order chi connectivity index (χ0) is 26.4. The van der Waals surface area contributed by atoms with Crippen molar-refractivity contribution < 1.29 is 14.3 Å². The molecule has 1 heterocycles. The van der Waals surface area contributed by atoms with Crippen molar-refractivity contribution in [3.63, 3.8) is 0 Å². The Balaban J connectivity index is 1.21. The highest BCUT2D eigenvalue weighted by Gasteiger charge is 2.26. The minimum absolute atomic E-state index is 0.156. The van der Waals surface area contributed by atoms with Crippen LogP contribution in [0.1, 0.15) is 63.5 Å². The molecule has 37 heavy (non-hydrogen) atoms. The number of nitrogens with one attached hydrogen (secondary N) is 2. The van der Waals surface area contributed by atoms with E-state index in [-0.39, 0.29) is 17.7 Å². The molecule has 6 nitrogen and oxygen atoms in total. The van der Waals surface area contributed by atoms with Crippen LogP contribution in [0.5, 0.6) is 5.75 Å². The lowest BCUT2D eigenvalue weighted by Crippen LogP contribution is -2.44. The highest BCUT2D eigenvalue weighted by Crippen LogP contribution is 2.28. The summed E-state index contributed by atoms with van der Waals surface area (Å²) >= 11 is 0. The van der Waals surface area contributed by atoms with Crippen molar-refractivity contribution >= 4 is 28.4 Å². The third-order valence-corrected chi connectivity index (χ3v) is 7.20. The van der Waals surface area contributed by atoms with Crippen LogP contribution >= 0.6 is 0 Å². The van der Waals surface area contributed by atoms with E-state index < -0.39 is 6.03 Å². The maximum Gasteiger partial charge on any atom is 0.325 e. The number of benzene rings is 3. The number of rotatable bonds is 8. The van der Waals surface area contributed by atoms with Crippen molar-refractivity contribution in [1.82, 2.24) is 10.2 Å². The molecule has 0 atom stereocenters. The SMILES string of the molecule is CC(C)c1ccc(NC(=O)NC(=O)C2CCN(CCOc3ccc4ccccc4c3)CC2)c(C(C)C)c1. The first-order chi connectivity index (χ1) is 17.8. The van der Waals surface area contributed by atoms with E-state index in [4.69, 9.17) is 4.74 Å². The molecule has 0 bridgehead atoms. The van der Waals surface area contributed by atoms with Gasteiger partial charge < -0.3 is 10.1 Å². The quantitative estimate of drug-likeness (QED) is 0.368. The van der Waals surface area contributed by atoms with Crippen LogP contribution in [0.4, 0.5) is 10.5 Å². The lowest BCUT2D eigenvalue weighted by molar-refractivity contribution is -0.125. The molecule has 0 saturated carbocycles. The number of hydrogen-bond acceptors (Lipinski definition) is 4. The fourth-order valence-corrected chi connectivity index (χ4v) is 4.87. The minimum atomic E-state index is -0.463. The number of nitrogens with zero attached hydrogens (tertiary/aromatic N) is 1. The van der Waals surface area contributed by atoms with Crippen LogP contribution in [0, 0.1) is 5.92 Å². The average Bonchev–Trinajstić information content (AvgIpc) is 2.89. The fraction of sp³-hybridized carbons (Fsp3) is 0.419. The van der Waals surface area contributed by atoms with Gasteiger partial charge in [-0.15, -0.1) is 0 Å². The number of likely N-dealkylation sites (tertiary alicyclic amines) is 1. The summed E-state index contributed by atoms with van der Waals surface area (Å²) < 4.78 is 5.97. The van der Waals surface area contributed by atoms with Gasteiger partial charge in [-0.25, -0.2) is 4.79 Å². The van der Waals surface area contributed by atoms with Gasteiger partial charge in [-0.2, -0.15) is 0 Å². The molecule has 0 spiro atoms. The maximum atomic E-state index is 12.8. The van der Waals surface area contributed by atoms with E-state index in [0.29, 0.717) is 12.5 Å². The highest BCUT2D eigenvalue weighted by molar-refractivity contribution is 6.02. The Morgan fingerprint density at radius 1 is 0.919 bits per heavy atom. The van der Waals surface area contributed by atoms with Crippen LogP contribution in [-0.4, -0.2) is 43.1 Å². The van der Waals surface area contributed by atoms with Crippen molar-refractivity contribution in [2.24, 2.45) is 5.92 Å². The number of amides is 3. The van der Waals surface area contributed by atoms with Crippen LogP contribution in [-0.2, 0) is 4.79 Å². The number of ether oxygens (including phenoxy) is 1. The highest BCUT2D eigenvalue weighted by atomic mass is 16.5. The molecule has 4 rings (SSSR count). The molecule has 0 aliphatic carbocycles. The normalized spacial score (nSPS) is 14.8. The van der Waals surface area contributed by atoms with Crippen LogP contribution in [0.25, 0.3) is 10.8 Å².